The SMILES string of the molecule is C[C@H]1CN(C2COC2)CCN1c1ccc(Nc2cc(-c3cncc(-n4ncc5cc(C(C)(C)C)cc(F)c5c4=O)c3C=O)cn(C)c2=O)nc1. The van der Waals surface area contributed by atoms with Gasteiger partial charge in [0.15, 0.2) is 6.29 Å². The van der Waals surface area contributed by atoms with Crippen molar-refractivity contribution >= 4 is 34.3 Å². The van der Waals surface area contributed by atoms with Gasteiger partial charge in [-0.05, 0) is 48.2 Å². The van der Waals surface area contributed by atoms with E-state index in [9.17, 15) is 14.4 Å². The summed E-state index contributed by atoms with van der Waals surface area (Å²) in [5, 5.41) is 7.66. The van der Waals surface area contributed by atoms with E-state index in [4.69, 9.17) is 4.74 Å². The van der Waals surface area contributed by atoms with Crippen LogP contribution in [0.3, 0.4) is 0 Å². The number of pyridine rings is 3. The fraction of sp³-hybridized carbons (Fsp3) is 0.351. The molecular formula is C37H39FN8O4. The van der Waals surface area contributed by atoms with Crippen LogP contribution in [0.5, 0.6) is 0 Å². The Morgan fingerprint density at radius 3 is 2.48 bits per heavy atom. The van der Waals surface area contributed by atoms with Crippen molar-refractivity contribution in [1.82, 2.24) is 29.2 Å². The number of hydrogen-bond acceptors (Lipinski definition) is 10. The predicted octanol–water partition coefficient (Wildman–Crippen LogP) is 4.44. The maximum Gasteiger partial charge on any atom is 0.282 e. The van der Waals surface area contributed by atoms with Gasteiger partial charge in [-0.1, -0.05) is 20.8 Å². The molecule has 258 valence electrons. The molecule has 0 saturated carbocycles. The molecule has 50 heavy (non-hydrogen) atoms. The molecule has 2 aliphatic heterocycles. The monoisotopic (exact) mass is 678 g/mol. The zero-order chi connectivity index (χ0) is 35.3. The molecule has 1 aromatic carbocycles. The molecule has 0 spiro atoms. The molecule has 0 unspecified atom stereocenters. The van der Waals surface area contributed by atoms with E-state index in [0.717, 1.165) is 48.8 Å². The van der Waals surface area contributed by atoms with E-state index in [1.807, 2.05) is 32.9 Å². The number of benzene rings is 1. The fourth-order valence-corrected chi connectivity index (χ4v) is 6.67. The first-order valence-electron chi connectivity index (χ1n) is 16.6. The Kier molecular flexibility index (Phi) is 8.56. The lowest BCUT2D eigenvalue weighted by atomic mass is 9.86. The van der Waals surface area contributed by atoms with Gasteiger partial charge in [-0.25, -0.2) is 9.37 Å². The second-order valence-corrected chi connectivity index (χ2v) is 14.1. The standard InChI is InChI=1S/C37H39FN8O4/c1-22-17-44(27-20-50-21-27)8-9-45(22)26-6-7-33(40-14-26)42-31-11-24(18-43(5)35(31)48)28-15-39-16-32(29(28)19-47)46-36(49)34-23(13-41-46)10-25(12-30(34)38)37(2,3)4/h6-7,10-16,18-19,22,27H,8-9,17,20-21H2,1-5H3,(H,40,42)/t22-/m0/s1. The maximum atomic E-state index is 15.4. The lowest BCUT2D eigenvalue weighted by Crippen LogP contribution is -2.59. The zero-order valence-corrected chi connectivity index (χ0v) is 28.7. The van der Waals surface area contributed by atoms with Crippen LogP contribution in [-0.4, -0.2) is 80.4 Å². The van der Waals surface area contributed by atoms with Gasteiger partial charge >= 0.3 is 0 Å². The van der Waals surface area contributed by atoms with Crippen molar-refractivity contribution in [2.45, 2.75) is 45.2 Å². The van der Waals surface area contributed by atoms with E-state index in [1.54, 1.807) is 31.6 Å². The minimum Gasteiger partial charge on any atom is -0.378 e. The number of carbonyl (C=O) groups is 1. The molecule has 5 aromatic rings. The summed E-state index contributed by atoms with van der Waals surface area (Å²) in [7, 11) is 1.60. The molecule has 13 heteroatoms. The summed E-state index contributed by atoms with van der Waals surface area (Å²) in [6, 6.07) is 9.36. The van der Waals surface area contributed by atoms with Crippen molar-refractivity contribution in [1.29, 1.82) is 0 Å². The number of rotatable bonds is 7. The summed E-state index contributed by atoms with van der Waals surface area (Å²) >= 11 is 0. The van der Waals surface area contributed by atoms with E-state index in [2.05, 4.69) is 37.1 Å². The van der Waals surface area contributed by atoms with Crippen molar-refractivity contribution in [3.8, 4) is 16.8 Å². The Balaban J connectivity index is 1.18. The minimum atomic E-state index is -0.718. The number of halogens is 1. The van der Waals surface area contributed by atoms with Crippen molar-refractivity contribution in [3.05, 3.63) is 99.0 Å². The number of aromatic nitrogens is 5. The molecule has 0 aliphatic carbocycles. The molecule has 1 N–H and O–H groups in total. The van der Waals surface area contributed by atoms with E-state index in [1.165, 1.54) is 29.2 Å². The first-order valence-corrected chi connectivity index (χ1v) is 16.6. The lowest BCUT2D eigenvalue weighted by molar-refractivity contribution is -0.0691. The molecule has 6 heterocycles. The van der Waals surface area contributed by atoms with Crippen molar-refractivity contribution in [2.24, 2.45) is 7.05 Å². The summed E-state index contributed by atoms with van der Waals surface area (Å²) in [6.07, 6.45) is 8.21. The normalized spacial score (nSPS) is 17.2. The highest BCUT2D eigenvalue weighted by Gasteiger charge is 2.32. The Morgan fingerprint density at radius 2 is 1.82 bits per heavy atom. The Morgan fingerprint density at radius 1 is 1.02 bits per heavy atom. The molecule has 4 aromatic heterocycles. The largest absolute Gasteiger partial charge is 0.378 e. The highest BCUT2D eigenvalue weighted by atomic mass is 19.1. The van der Waals surface area contributed by atoms with Crippen LogP contribution in [-0.2, 0) is 17.2 Å². The maximum absolute atomic E-state index is 15.4. The highest BCUT2D eigenvalue weighted by Crippen LogP contribution is 2.30. The fourth-order valence-electron chi connectivity index (χ4n) is 6.67. The van der Waals surface area contributed by atoms with Crippen LogP contribution < -0.4 is 21.3 Å². The average molecular weight is 679 g/mol. The molecule has 12 nitrogen and oxygen atoms in total. The third-order valence-electron chi connectivity index (χ3n) is 9.65. The van der Waals surface area contributed by atoms with E-state index in [-0.39, 0.29) is 33.3 Å². The van der Waals surface area contributed by atoms with E-state index >= 15 is 4.39 Å². The lowest BCUT2D eigenvalue weighted by Gasteiger charge is -2.46. The quantitative estimate of drug-likeness (QED) is 0.247. The van der Waals surface area contributed by atoms with Gasteiger partial charge in [0.1, 0.15) is 17.3 Å². The van der Waals surface area contributed by atoms with E-state index in [0.29, 0.717) is 40.7 Å². The smallest absolute Gasteiger partial charge is 0.282 e. The van der Waals surface area contributed by atoms with Crippen LogP contribution in [0.1, 0.15) is 43.6 Å². The highest BCUT2D eigenvalue weighted by molar-refractivity contribution is 5.92. The van der Waals surface area contributed by atoms with Crippen molar-refractivity contribution < 1.29 is 13.9 Å². The number of piperazine rings is 1. The number of aryl methyl sites for hydroxylation is 1. The predicted molar refractivity (Wildman–Crippen MR) is 190 cm³/mol. The molecular weight excluding hydrogens is 639 g/mol. The van der Waals surface area contributed by atoms with Gasteiger partial charge in [-0.3, -0.25) is 24.3 Å². The summed E-state index contributed by atoms with van der Waals surface area (Å²) < 4.78 is 23.1. The number of nitrogens with one attached hydrogen (secondary N) is 1. The molecule has 7 rings (SSSR count). The molecule has 2 fully saturated rings. The summed E-state index contributed by atoms with van der Waals surface area (Å²) in [6.45, 7) is 12.5. The van der Waals surface area contributed by atoms with Gasteiger partial charge in [-0.15, -0.1) is 0 Å². The minimum absolute atomic E-state index is 0.0837. The van der Waals surface area contributed by atoms with Crippen LogP contribution in [0.2, 0.25) is 0 Å². The van der Waals surface area contributed by atoms with Gasteiger partial charge in [0.2, 0.25) is 0 Å². The van der Waals surface area contributed by atoms with Gasteiger partial charge in [0.25, 0.3) is 11.1 Å². The van der Waals surface area contributed by atoms with Crippen LogP contribution in [0.25, 0.3) is 27.6 Å². The van der Waals surface area contributed by atoms with Crippen LogP contribution >= 0.6 is 0 Å². The summed E-state index contributed by atoms with van der Waals surface area (Å²) in [5.74, 6) is -0.190. The number of aldehydes is 1. The number of nitrogens with zero attached hydrogens (tertiary/aromatic N) is 7. The van der Waals surface area contributed by atoms with Gasteiger partial charge in [0, 0.05) is 61.6 Å². The number of hydrogen-bond donors (Lipinski definition) is 1. The van der Waals surface area contributed by atoms with Crippen LogP contribution in [0, 0.1) is 5.82 Å². The third-order valence-corrected chi connectivity index (χ3v) is 9.65. The van der Waals surface area contributed by atoms with Crippen molar-refractivity contribution in [3.63, 3.8) is 0 Å². The topological polar surface area (TPSA) is 127 Å². The van der Waals surface area contributed by atoms with Crippen LogP contribution in [0.15, 0.2) is 70.9 Å². The van der Waals surface area contributed by atoms with Crippen molar-refractivity contribution in [2.75, 3.05) is 43.1 Å². The first kappa shape index (κ1) is 33.2. The molecule has 2 aliphatic rings. The Bertz CT molecular complexity index is 2220. The number of anilines is 3. The van der Waals surface area contributed by atoms with Gasteiger partial charge in [0.05, 0.1) is 60.2 Å². The first-order chi connectivity index (χ1) is 23.9. The Labute approximate surface area is 288 Å². The summed E-state index contributed by atoms with van der Waals surface area (Å²) in [4.78, 5) is 53.2. The van der Waals surface area contributed by atoms with E-state index < -0.39 is 11.4 Å². The molecule has 1 atom stereocenters. The van der Waals surface area contributed by atoms with Crippen LogP contribution in [0.4, 0.5) is 21.6 Å². The van der Waals surface area contributed by atoms with Gasteiger partial charge in [-0.2, -0.15) is 9.78 Å². The summed E-state index contributed by atoms with van der Waals surface area (Å²) in [5.41, 5.74) is 1.63. The molecule has 2 saturated heterocycles. The molecule has 0 radical (unpaired) electrons. The third kappa shape index (κ3) is 6.07. The molecule has 0 bridgehead atoms. The zero-order valence-electron chi connectivity index (χ0n) is 28.7. The second kappa shape index (κ2) is 12.9. The molecule has 0 amide bonds. The average Bonchev–Trinajstić information content (AvgIpc) is 3.05. The number of fused-ring (bicyclic) bond motifs is 1. The number of ether oxygens (including phenoxy) is 1. The van der Waals surface area contributed by atoms with Gasteiger partial charge < -0.3 is 19.5 Å². The second-order valence-electron chi connectivity index (χ2n) is 14.1. The Hall–Kier alpha value is -5.27. The number of carbonyl (C=O) groups excluding carboxylic acids is 1.